The Labute approximate surface area is 300 Å². The number of carboxylic acid groups (broad SMARTS) is 1. The maximum Gasteiger partial charge on any atom is 0.416 e. The lowest BCUT2D eigenvalue weighted by molar-refractivity contribution is -0.138. The molecule has 6 rings (SSSR count). The summed E-state index contributed by atoms with van der Waals surface area (Å²) in [5, 5.41) is 16.0. The standard InChI is InChI=1S/C18H19F3N2OS.C11H6F3NO2S.C7H15N/c1-11-7-12(2)9-23(8-11)17(24)15-10-25-16(22-15)13-3-5-14(6-4-13)18(19,20)21;12-11(13,14)7-3-1-6(2-4-7)9-15-8(5-18-9)10(16)17;1-6-3-7(2)5-8-4-6/h3-6,10-12H,7-9H2,1-2H3;1-5H,(H,16,17);6-8H,3-5H2,1-2H3. The van der Waals surface area contributed by atoms with Crippen LogP contribution in [0.15, 0.2) is 59.3 Å². The number of rotatable bonds is 4. The number of hydrogen-bond acceptors (Lipinski definition) is 7. The highest BCUT2D eigenvalue weighted by Gasteiger charge is 2.31. The van der Waals surface area contributed by atoms with E-state index < -0.39 is 29.4 Å². The molecule has 0 spiro atoms. The van der Waals surface area contributed by atoms with Crippen molar-refractivity contribution >= 4 is 34.6 Å². The second-order valence-electron chi connectivity index (χ2n) is 13.3. The molecule has 7 nitrogen and oxygen atoms in total. The summed E-state index contributed by atoms with van der Waals surface area (Å²) in [6.45, 7) is 12.8. The molecule has 2 aliphatic heterocycles. The number of carbonyl (C=O) groups excluding carboxylic acids is 1. The zero-order valence-electron chi connectivity index (χ0n) is 28.5. The number of nitrogens with zero attached hydrogens (tertiary/aromatic N) is 3. The number of amides is 1. The topological polar surface area (TPSA) is 95.4 Å². The van der Waals surface area contributed by atoms with Crippen molar-refractivity contribution in [3.8, 4) is 21.1 Å². The molecule has 0 saturated carbocycles. The summed E-state index contributed by atoms with van der Waals surface area (Å²) in [6, 6.07) is 9.27. The van der Waals surface area contributed by atoms with Gasteiger partial charge in [-0.1, -0.05) is 52.0 Å². The van der Waals surface area contributed by atoms with Crippen molar-refractivity contribution in [2.75, 3.05) is 26.2 Å². The van der Waals surface area contributed by atoms with Gasteiger partial charge in [-0.05, 0) is 73.9 Å². The average Bonchev–Trinajstić information content (AvgIpc) is 3.75. The van der Waals surface area contributed by atoms with E-state index in [1.165, 1.54) is 60.5 Å². The zero-order chi connectivity index (χ0) is 37.5. The van der Waals surface area contributed by atoms with E-state index in [9.17, 15) is 35.9 Å². The first-order chi connectivity index (χ1) is 23.9. The number of halogens is 6. The Morgan fingerprint density at radius 2 is 1.08 bits per heavy atom. The van der Waals surface area contributed by atoms with Crippen LogP contribution in [0.3, 0.4) is 0 Å². The Hall–Kier alpha value is -3.82. The van der Waals surface area contributed by atoms with Crippen LogP contribution in [-0.4, -0.2) is 58.0 Å². The lowest BCUT2D eigenvalue weighted by Crippen LogP contribution is -2.42. The fraction of sp³-hybridized carbons (Fsp3) is 0.444. The third kappa shape index (κ3) is 11.6. The summed E-state index contributed by atoms with van der Waals surface area (Å²) in [7, 11) is 0. The molecule has 0 bridgehead atoms. The van der Waals surface area contributed by atoms with Crippen LogP contribution in [0.1, 0.15) is 72.6 Å². The number of benzene rings is 2. The minimum atomic E-state index is -4.38. The van der Waals surface area contributed by atoms with Gasteiger partial charge in [0.2, 0.25) is 0 Å². The van der Waals surface area contributed by atoms with Crippen molar-refractivity contribution in [1.82, 2.24) is 20.2 Å². The maximum absolute atomic E-state index is 12.6. The average molecular weight is 755 g/mol. The SMILES string of the molecule is CC1CC(C)CN(C(=O)c2csc(-c3ccc(C(F)(F)F)cc3)n2)C1.CC1CNCC(C)C1.O=C(O)c1csc(-c2ccc(C(F)(F)F)cc2)n1. The molecule has 1 amide bonds. The molecule has 4 heterocycles. The van der Waals surface area contributed by atoms with Gasteiger partial charge in [0.15, 0.2) is 5.69 Å². The number of carboxylic acids is 1. The number of aromatic nitrogens is 2. The maximum atomic E-state index is 12.6. The first kappa shape index (κ1) is 40.0. The highest BCUT2D eigenvalue weighted by molar-refractivity contribution is 7.13. The van der Waals surface area contributed by atoms with Gasteiger partial charge < -0.3 is 15.3 Å². The third-order valence-electron chi connectivity index (χ3n) is 8.31. The number of likely N-dealkylation sites (tertiary alicyclic amines) is 1. The Morgan fingerprint density at radius 3 is 1.43 bits per heavy atom. The molecule has 2 aliphatic rings. The van der Waals surface area contributed by atoms with E-state index in [4.69, 9.17) is 5.11 Å². The number of nitrogens with one attached hydrogen (secondary N) is 1. The number of carbonyl (C=O) groups is 2. The van der Waals surface area contributed by atoms with E-state index in [1.807, 2.05) is 4.90 Å². The van der Waals surface area contributed by atoms with E-state index in [2.05, 4.69) is 43.0 Å². The highest BCUT2D eigenvalue weighted by Crippen LogP contribution is 2.33. The third-order valence-corrected chi connectivity index (χ3v) is 10.1. The molecule has 4 unspecified atom stereocenters. The predicted molar refractivity (Wildman–Crippen MR) is 187 cm³/mol. The molecule has 2 aromatic carbocycles. The van der Waals surface area contributed by atoms with Crippen LogP contribution >= 0.6 is 22.7 Å². The lowest BCUT2D eigenvalue weighted by Gasteiger charge is -2.34. The molecular weight excluding hydrogens is 715 g/mol. The van der Waals surface area contributed by atoms with Crippen LogP contribution in [0.4, 0.5) is 26.3 Å². The van der Waals surface area contributed by atoms with Gasteiger partial charge in [0.25, 0.3) is 5.91 Å². The molecule has 15 heteroatoms. The summed E-state index contributed by atoms with van der Waals surface area (Å²) in [5.41, 5.74) is -0.157. The van der Waals surface area contributed by atoms with Crippen molar-refractivity contribution in [2.45, 2.75) is 52.9 Å². The molecule has 2 fully saturated rings. The summed E-state index contributed by atoms with van der Waals surface area (Å²) in [6.07, 6.45) is -6.22. The minimum absolute atomic E-state index is 0.104. The molecular formula is C36H40F6N4O3S2. The highest BCUT2D eigenvalue weighted by atomic mass is 32.1. The first-order valence-electron chi connectivity index (χ1n) is 16.4. The molecule has 4 aromatic rings. The van der Waals surface area contributed by atoms with Gasteiger partial charge in [0, 0.05) is 35.0 Å². The quantitative estimate of drug-likeness (QED) is 0.202. The van der Waals surface area contributed by atoms with Crippen LogP contribution in [-0.2, 0) is 12.4 Å². The van der Waals surface area contributed by atoms with E-state index in [0.717, 1.165) is 66.9 Å². The van der Waals surface area contributed by atoms with Crippen molar-refractivity contribution < 1.29 is 41.0 Å². The summed E-state index contributed by atoms with van der Waals surface area (Å²) in [4.78, 5) is 33.2. The molecule has 4 atom stereocenters. The summed E-state index contributed by atoms with van der Waals surface area (Å²) >= 11 is 2.34. The smallest absolute Gasteiger partial charge is 0.416 e. The lowest BCUT2D eigenvalue weighted by atomic mass is 9.92. The Kier molecular flexibility index (Phi) is 13.4. The number of thiazole rings is 2. The van der Waals surface area contributed by atoms with Gasteiger partial charge in [-0.25, -0.2) is 14.8 Å². The number of hydrogen-bond donors (Lipinski definition) is 2. The van der Waals surface area contributed by atoms with Gasteiger partial charge in [-0.3, -0.25) is 4.79 Å². The first-order valence-corrected chi connectivity index (χ1v) is 18.2. The van der Waals surface area contributed by atoms with Crippen LogP contribution in [0, 0.1) is 23.7 Å². The Morgan fingerprint density at radius 1 is 0.686 bits per heavy atom. The molecule has 2 aromatic heterocycles. The predicted octanol–water partition coefficient (Wildman–Crippen LogP) is 9.73. The second-order valence-corrected chi connectivity index (χ2v) is 15.0. The summed E-state index contributed by atoms with van der Waals surface area (Å²) in [5.74, 6) is 1.45. The van der Waals surface area contributed by atoms with Crippen LogP contribution in [0.2, 0.25) is 0 Å². The van der Waals surface area contributed by atoms with E-state index in [1.54, 1.807) is 5.38 Å². The van der Waals surface area contributed by atoms with E-state index in [-0.39, 0.29) is 11.6 Å². The summed E-state index contributed by atoms with van der Waals surface area (Å²) < 4.78 is 74.9. The Bertz CT molecular complexity index is 1720. The molecule has 276 valence electrons. The minimum Gasteiger partial charge on any atom is -0.476 e. The van der Waals surface area contributed by atoms with Gasteiger partial charge in [-0.15, -0.1) is 22.7 Å². The molecule has 0 radical (unpaired) electrons. The second kappa shape index (κ2) is 17.1. The van der Waals surface area contributed by atoms with Gasteiger partial charge in [-0.2, -0.15) is 26.3 Å². The van der Waals surface area contributed by atoms with Crippen LogP contribution < -0.4 is 5.32 Å². The number of aromatic carboxylic acids is 1. The van der Waals surface area contributed by atoms with E-state index >= 15 is 0 Å². The monoisotopic (exact) mass is 754 g/mol. The normalized spacial score (nSPS) is 20.8. The van der Waals surface area contributed by atoms with Crippen LogP contribution in [0.5, 0.6) is 0 Å². The fourth-order valence-electron chi connectivity index (χ4n) is 6.03. The Balaban J connectivity index is 0.000000194. The van der Waals surface area contributed by atoms with Crippen LogP contribution in [0.25, 0.3) is 21.1 Å². The van der Waals surface area contributed by atoms with Crippen molar-refractivity contribution in [3.63, 3.8) is 0 Å². The van der Waals surface area contributed by atoms with Crippen molar-refractivity contribution in [3.05, 3.63) is 81.8 Å². The van der Waals surface area contributed by atoms with Gasteiger partial charge in [0.05, 0.1) is 11.1 Å². The molecule has 51 heavy (non-hydrogen) atoms. The number of piperidine rings is 2. The molecule has 2 saturated heterocycles. The largest absolute Gasteiger partial charge is 0.476 e. The molecule has 0 aliphatic carbocycles. The van der Waals surface area contributed by atoms with Crippen molar-refractivity contribution in [2.24, 2.45) is 23.7 Å². The molecule has 2 N–H and O–H groups in total. The van der Waals surface area contributed by atoms with Crippen molar-refractivity contribution in [1.29, 1.82) is 0 Å². The van der Waals surface area contributed by atoms with E-state index in [0.29, 0.717) is 38.7 Å². The van der Waals surface area contributed by atoms with Gasteiger partial charge >= 0.3 is 18.3 Å². The number of alkyl halides is 6. The zero-order valence-corrected chi connectivity index (χ0v) is 30.1. The fourth-order valence-corrected chi connectivity index (χ4v) is 7.63. The van der Waals surface area contributed by atoms with Gasteiger partial charge in [0.1, 0.15) is 15.7 Å².